The first-order valence-corrected chi connectivity index (χ1v) is 5.68. The van der Waals surface area contributed by atoms with Gasteiger partial charge < -0.3 is 10.1 Å². The molecule has 0 fully saturated rings. The van der Waals surface area contributed by atoms with Gasteiger partial charge in [0.2, 0.25) is 5.91 Å². The van der Waals surface area contributed by atoms with Crippen LogP contribution in [0.3, 0.4) is 0 Å². The third-order valence-corrected chi connectivity index (χ3v) is 2.16. The number of aromatic nitrogens is 2. The zero-order chi connectivity index (χ0) is 13.5. The number of nitrogens with zero attached hydrogens (tertiary/aromatic N) is 2. The number of carbonyl (C=O) groups is 2. The van der Waals surface area contributed by atoms with Gasteiger partial charge in [-0.05, 0) is 13.8 Å². The molecule has 0 aromatic carbocycles. The van der Waals surface area contributed by atoms with Gasteiger partial charge in [-0.2, -0.15) is 5.10 Å². The summed E-state index contributed by atoms with van der Waals surface area (Å²) in [6.07, 6.45) is 3.03. The number of hydrogen-bond donors (Lipinski definition) is 1. The van der Waals surface area contributed by atoms with Crippen molar-refractivity contribution in [2.45, 2.75) is 20.4 Å². The van der Waals surface area contributed by atoms with Gasteiger partial charge in [-0.3, -0.25) is 9.48 Å². The molecule has 1 aromatic rings. The minimum Gasteiger partial charge on any atom is -0.462 e. The fraction of sp³-hybridized carbons (Fsp3) is 0.417. The monoisotopic (exact) mass is 251 g/mol. The number of amides is 1. The minimum atomic E-state index is -0.394. The predicted octanol–water partition coefficient (Wildman–Crippen LogP) is 0.752. The van der Waals surface area contributed by atoms with Gasteiger partial charge in [-0.1, -0.05) is 6.58 Å². The molecule has 0 aliphatic carbocycles. The molecule has 0 bridgehead atoms. The van der Waals surface area contributed by atoms with Crippen LogP contribution in [-0.4, -0.2) is 34.8 Å². The van der Waals surface area contributed by atoms with Gasteiger partial charge in [0.25, 0.3) is 0 Å². The molecule has 0 saturated heterocycles. The van der Waals surface area contributed by atoms with Crippen LogP contribution in [0.1, 0.15) is 24.2 Å². The van der Waals surface area contributed by atoms with Crippen molar-refractivity contribution in [3.05, 3.63) is 30.1 Å². The molecule has 6 heteroatoms. The summed E-state index contributed by atoms with van der Waals surface area (Å²) < 4.78 is 6.42. The lowest BCUT2D eigenvalue weighted by molar-refractivity contribution is -0.117. The van der Waals surface area contributed by atoms with E-state index in [9.17, 15) is 9.59 Å². The van der Waals surface area contributed by atoms with E-state index in [1.54, 1.807) is 24.7 Å². The molecule has 1 amide bonds. The van der Waals surface area contributed by atoms with E-state index in [0.29, 0.717) is 30.8 Å². The first-order valence-electron chi connectivity index (χ1n) is 5.68. The van der Waals surface area contributed by atoms with Crippen LogP contribution in [0.2, 0.25) is 0 Å². The Kier molecular flexibility index (Phi) is 5.10. The number of rotatable bonds is 6. The Bertz CT molecular complexity index is 451. The Morgan fingerprint density at radius 2 is 2.28 bits per heavy atom. The molecule has 18 heavy (non-hydrogen) atoms. The minimum absolute atomic E-state index is 0.187. The summed E-state index contributed by atoms with van der Waals surface area (Å²) >= 11 is 0. The summed E-state index contributed by atoms with van der Waals surface area (Å²) in [5.41, 5.74) is 0.866. The zero-order valence-corrected chi connectivity index (χ0v) is 10.6. The molecule has 1 rings (SSSR count). The molecule has 1 aromatic heterocycles. The van der Waals surface area contributed by atoms with Crippen LogP contribution in [0.5, 0.6) is 0 Å². The van der Waals surface area contributed by atoms with Crippen LogP contribution in [0, 0.1) is 0 Å². The van der Waals surface area contributed by atoms with Crippen LogP contribution < -0.4 is 5.32 Å². The maximum Gasteiger partial charge on any atom is 0.341 e. The SMILES string of the molecule is C=C(C)C(=O)NCCn1cc(C(=O)OCC)cn1. The molecular formula is C12H17N3O3. The summed E-state index contributed by atoms with van der Waals surface area (Å²) in [5.74, 6) is -0.581. The molecule has 0 aliphatic rings. The average molecular weight is 251 g/mol. The highest BCUT2D eigenvalue weighted by Crippen LogP contribution is 2.00. The molecule has 0 spiro atoms. The molecular weight excluding hydrogens is 234 g/mol. The van der Waals surface area contributed by atoms with Crippen molar-refractivity contribution >= 4 is 11.9 Å². The molecule has 1 N–H and O–H groups in total. The second kappa shape index (κ2) is 6.58. The molecule has 0 atom stereocenters. The molecule has 98 valence electrons. The topological polar surface area (TPSA) is 73.2 Å². The van der Waals surface area contributed by atoms with Crippen molar-refractivity contribution in [3.8, 4) is 0 Å². The molecule has 1 heterocycles. The summed E-state index contributed by atoms with van der Waals surface area (Å²) in [6.45, 7) is 8.16. The highest BCUT2D eigenvalue weighted by Gasteiger charge is 2.09. The summed E-state index contributed by atoms with van der Waals surface area (Å²) in [4.78, 5) is 22.6. The third-order valence-electron chi connectivity index (χ3n) is 2.16. The van der Waals surface area contributed by atoms with E-state index in [4.69, 9.17) is 4.74 Å². The predicted molar refractivity (Wildman–Crippen MR) is 66.0 cm³/mol. The lowest BCUT2D eigenvalue weighted by Gasteiger charge is -2.04. The quantitative estimate of drug-likeness (QED) is 0.598. The number of carbonyl (C=O) groups excluding carboxylic acids is 2. The van der Waals surface area contributed by atoms with Crippen molar-refractivity contribution < 1.29 is 14.3 Å². The fourth-order valence-corrected chi connectivity index (χ4v) is 1.24. The summed E-state index contributed by atoms with van der Waals surface area (Å²) in [6, 6.07) is 0. The van der Waals surface area contributed by atoms with E-state index in [1.165, 1.54) is 6.20 Å². The maximum atomic E-state index is 11.4. The Hall–Kier alpha value is -2.11. The van der Waals surface area contributed by atoms with Crippen LogP contribution in [0.25, 0.3) is 0 Å². The number of hydrogen-bond acceptors (Lipinski definition) is 4. The molecule has 0 saturated carbocycles. The molecule has 0 aliphatic heterocycles. The van der Waals surface area contributed by atoms with Crippen molar-refractivity contribution in [1.29, 1.82) is 0 Å². The highest BCUT2D eigenvalue weighted by atomic mass is 16.5. The van der Waals surface area contributed by atoms with Gasteiger partial charge in [0.05, 0.1) is 24.9 Å². The smallest absolute Gasteiger partial charge is 0.341 e. The summed E-state index contributed by atoms with van der Waals surface area (Å²) in [5, 5.41) is 6.68. The Labute approximate surface area is 106 Å². The normalized spacial score (nSPS) is 9.89. The third kappa shape index (κ3) is 4.04. The fourth-order valence-electron chi connectivity index (χ4n) is 1.24. The molecule has 6 nitrogen and oxygen atoms in total. The number of nitrogens with one attached hydrogen (secondary N) is 1. The first-order chi connectivity index (χ1) is 8.54. The van der Waals surface area contributed by atoms with Crippen LogP contribution in [-0.2, 0) is 16.1 Å². The molecule has 0 radical (unpaired) electrons. The second-order valence-corrected chi connectivity index (χ2v) is 3.75. The van der Waals surface area contributed by atoms with Gasteiger partial charge in [0.1, 0.15) is 0 Å². The standard InChI is InChI=1S/C12H17N3O3/c1-4-18-12(17)10-7-14-15(8-10)6-5-13-11(16)9(2)3/h7-8H,2,4-6H2,1,3H3,(H,13,16). The first kappa shape index (κ1) is 14.0. The van der Waals surface area contributed by atoms with Gasteiger partial charge in [0, 0.05) is 18.3 Å². The highest BCUT2D eigenvalue weighted by molar-refractivity contribution is 5.92. The van der Waals surface area contributed by atoms with Gasteiger partial charge in [-0.15, -0.1) is 0 Å². The lowest BCUT2D eigenvalue weighted by Crippen LogP contribution is -2.27. The van der Waals surface area contributed by atoms with E-state index in [1.807, 2.05) is 0 Å². The Morgan fingerprint density at radius 1 is 1.56 bits per heavy atom. The maximum absolute atomic E-state index is 11.4. The molecule has 0 unspecified atom stereocenters. The zero-order valence-electron chi connectivity index (χ0n) is 10.6. The van der Waals surface area contributed by atoms with Gasteiger partial charge in [0.15, 0.2) is 0 Å². The van der Waals surface area contributed by atoms with Crippen molar-refractivity contribution in [2.75, 3.05) is 13.2 Å². The number of esters is 1. The number of ether oxygens (including phenoxy) is 1. The van der Waals surface area contributed by atoms with Crippen LogP contribution in [0.4, 0.5) is 0 Å². The van der Waals surface area contributed by atoms with E-state index in [2.05, 4.69) is 17.0 Å². The van der Waals surface area contributed by atoms with Gasteiger partial charge >= 0.3 is 5.97 Å². The van der Waals surface area contributed by atoms with Crippen LogP contribution >= 0.6 is 0 Å². The summed E-state index contributed by atoms with van der Waals surface area (Å²) in [7, 11) is 0. The Morgan fingerprint density at radius 3 is 2.89 bits per heavy atom. The van der Waals surface area contributed by atoms with Crippen LogP contribution in [0.15, 0.2) is 24.5 Å². The van der Waals surface area contributed by atoms with E-state index >= 15 is 0 Å². The van der Waals surface area contributed by atoms with E-state index in [-0.39, 0.29) is 5.91 Å². The second-order valence-electron chi connectivity index (χ2n) is 3.75. The van der Waals surface area contributed by atoms with Crippen molar-refractivity contribution in [1.82, 2.24) is 15.1 Å². The van der Waals surface area contributed by atoms with E-state index < -0.39 is 5.97 Å². The van der Waals surface area contributed by atoms with Crippen molar-refractivity contribution in [3.63, 3.8) is 0 Å². The average Bonchev–Trinajstić information content (AvgIpc) is 2.78. The van der Waals surface area contributed by atoms with Gasteiger partial charge in [-0.25, -0.2) is 4.79 Å². The van der Waals surface area contributed by atoms with E-state index in [0.717, 1.165) is 0 Å². The lowest BCUT2D eigenvalue weighted by atomic mass is 10.3. The largest absolute Gasteiger partial charge is 0.462 e. The van der Waals surface area contributed by atoms with Crippen molar-refractivity contribution in [2.24, 2.45) is 0 Å². The Balaban J connectivity index is 2.42.